The molecule has 1 saturated heterocycles. The van der Waals surface area contributed by atoms with Crippen LogP contribution in [0.15, 0.2) is 12.1 Å². The Morgan fingerprint density at radius 2 is 2.16 bits per heavy atom. The summed E-state index contributed by atoms with van der Waals surface area (Å²) in [6.45, 7) is 6.28. The Labute approximate surface area is 118 Å². The predicted octanol–water partition coefficient (Wildman–Crippen LogP) is 2.27. The second kappa shape index (κ2) is 4.00. The molecular formula is C14H18N2O2S. The van der Waals surface area contributed by atoms with Crippen LogP contribution in [0.1, 0.15) is 31.0 Å². The molecule has 0 aromatic heterocycles. The lowest BCUT2D eigenvalue weighted by Gasteiger charge is -2.50. The zero-order valence-electron chi connectivity index (χ0n) is 11.5. The van der Waals surface area contributed by atoms with Gasteiger partial charge in [-0.1, -0.05) is 6.92 Å². The summed E-state index contributed by atoms with van der Waals surface area (Å²) in [6.07, 6.45) is 0. The summed E-state index contributed by atoms with van der Waals surface area (Å²) in [5.41, 5.74) is 1.86. The molecule has 19 heavy (non-hydrogen) atoms. The predicted molar refractivity (Wildman–Crippen MR) is 77.5 cm³/mol. The molecule has 1 fully saturated rings. The van der Waals surface area contributed by atoms with E-state index in [4.69, 9.17) is 21.7 Å². The molecule has 2 aliphatic heterocycles. The fraction of sp³-hybridized carbons (Fsp3) is 0.500. The minimum absolute atomic E-state index is 0.174. The first-order valence-corrected chi connectivity index (χ1v) is 6.81. The SMILES string of the molecule is COc1cc(C)c2c(c1)OC1(C)NC(=S)NC2C1C. The molecule has 0 radical (unpaired) electrons. The monoisotopic (exact) mass is 278 g/mol. The highest BCUT2D eigenvalue weighted by Gasteiger charge is 2.49. The van der Waals surface area contributed by atoms with E-state index in [1.807, 2.05) is 19.1 Å². The van der Waals surface area contributed by atoms with Gasteiger partial charge in [0.1, 0.15) is 11.5 Å². The molecule has 1 aromatic carbocycles. The van der Waals surface area contributed by atoms with Crippen LogP contribution in [0.3, 0.4) is 0 Å². The van der Waals surface area contributed by atoms with Crippen molar-refractivity contribution in [3.8, 4) is 11.5 Å². The van der Waals surface area contributed by atoms with Crippen LogP contribution >= 0.6 is 12.2 Å². The molecule has 2 aliphatic rings. The lowest BCUT2D eigenvalue weighted by atomic mass is 9.80. The zero-order chi connectivity index (χ0) is 13.8. The third-order valence-corrected chi connectivity index (χ3v) is 4.43. The summed E-state index contributed by atoms with van der Waals surface area (Å²) in [7, 11) is 1.67. The Morgan fingerprint density at radius 3 is 2.84 bits per heavy atom. The van der Waals surface area contributed by atoms with Crippen LogP contribution in [0.25, 0.3) is 0 Å². The van der Waals surface area contributed by atoms with Crippen molar-refractivity contribution in [1.29, 1.82) is 0 Å². The standard InChI is InChI=1S/C14H18N2O2S/c1-7-5-9(17-4)6-10-11(7)12-8(2)14(3,18-10)16-13(19)15-12/h5-6,8,12H,1-4H3,(H2,15,16,19). The average molecular weight is 278 g/mol. The second-order valence-corrected chi connectivity index (χ2v) is 5.84. The highest BCUT2D eigenvalue weighted by molar-refractivity contribution is 7.80. The summed E-state index contributed by atoms with van der Waals surface area (Å²) in [4.78, 5) is 0. The van der Waals surface area contributed by atoms with Gasteiger partial charge in [-0.15, -0.1) is 0 Å². The highest BCUT2D eigenvalue weighted by Crippen LogP contribution is 2.47. The summed E-state index contributed by atoms with van der Waals surface area (Å²) in [5.74, 6) is 1.96. The van der Waals surface area contributed by atoms with Crippen molar-refractivity contribution in [1.82, 2.24) is 10.6 Å². The Kier molecular flexibility index (Phi) is 2.64. The Balaban J connectivity index is 2.17. The van der Waals surface area contributed by atoms with Gasteiger partial charge >= 0.3 is 0 Å². The Morgan fingerprint density at radius 1 is 1.42 bits per heavy atom. The van der Waals surface area contributed by atoms with Gasteiger partial charge in [0.2, 0.25) is 0 Å². The van der Waals surface area contributed by atoms with Gasteiger partial charge in [-0.3, -0.25) is 0 Å². The first-order chi connectivity index (χ1) is 8.94. The van der Waals surface area contributed by atoms with E-state index in [9.17, 15) is 0 Å². The molecule has 2 heterocycles. The van der Waals surface area contributed by atoms with Crippen molar-refractivity contribution in [2.45, 2.75) is 32.5 Å². The van der Waals surface area contributed by atoms with Gasteiger partial charge in [-0.2, -0.15) is 0 Å². The lowest BCUT2D eigenvalue weighted by Crippen LogP contribution is -2.67. The number of hydrogen-bond donors (Lipinski definition) is 2. The van der Waals surface area contributed by atoms with E-state index in [1.54, 1.807) is 7.11 Å². The molecule has 4 nitrogen and oxygen atoms in total. The molecule has 102 valence electrons. The van der Waals surface area contributed by atoms with Gasteiger partial charge in [0.05, 0.1) is 13.2 Å². The largest absolute Gasteiger partial charge is 0.497 e. The molecule has 5 heteroatoms. The van der Waals surface area contributed by atoms with Crippen molar-refractivity contribution >= 4 is 17.3 Å². The van der Waals surface area contributed by atoms with Crippen molar-refractivity contribution in [3.63, 3.8) is 0 Å². The van der Waals surface area contributed by atoms with Crippen LogP contribution < -0.4 is 20.1 Å². The number of rotatable bonds is 1. The van der Waals surface area contributed by atoms with Crippen LogP contribution in [0.4, 0.5) is 0 Å². The van der Waals surface area contributed by atoms with Gasteiger partial charge < -0.3 is 20.1 Å². The lowest BCUT2D eigenvalue weighted by molar-refractivity contribution is -0.0267. The Bertz CT molecular complexity index is 561. The Hall–Kier alpha value is -1.49. The van der Waals surface area contributed by atoms with Gasteiger partial charge in [0.25, 0.3) is 0 Å². The first kappa shape index (κ1) is 12.5. The summed E-state index contributed by atoms with van der Waals surface area (Å²) in [5, 5.41) is 7.23. The van der Waals surface area contributed by atoms with E-state index in [0.717, 1.165) is 17.1 Å². The number of ether oxygens (including phenoxy) is 2. The molecule has 3 rings (SSSR count). The fourth-order valence-corrected chi connectivity index (χ4v) is 3.29. The van der Waals surface area contributed by atoms with Crippen molar-refractivity contribution < 1.29 is 9.47 Å². The third-order valence-electron chi connectivity index (χ3n) is 4.21. The molecule has 3 unspecified atom stereocenters. The second-order valence-electron chi connectivity index (χ2n) is 5.43. The fourth-order valence-electron chi connectivity index (χ4n) is 2.96. The van der Waals surface area contributed by atoms with Crippen LogP contribution in [0.2, 0.25) is 0 Å². The van der Waals surface area contributed by atoms with Gasteiger partial charge in [0.15, 0.2) is 10.8 Å². The summed E-state index contributed by atoms with van der Waals surface area (Å²) in [6, 6.07) is 4.15. The van der Waals surface area contributed by atoms with Crippen LogP contribution in [-0.2, 0) is 0 Å². The summed E-state index contributed by atoms with van der Waals surface area (Å²) < 4.78 is 11.5. The average Bonchev–Trinajstić information content (AvgIpc) is 2.32. The minimum atomic E-state index is -0.473. The van der Waals surface area contributed by atoms with Gasteiger partial charge in [-0.25, -0.2) is 0 Å². The van der Waals surface area contributed by atoms with E-state index in [2.05, 4.69) is 24.5 Å². The van der Waals surface area contributed by atoms with Gasteiger partial charge in [-0.05, 0) is 37.7 Å². The molecule has 0 saturated carbocycles. The molecule has 0 amide bonds. The van der Waals surface area contributed by atoms with Crippen molar-refractivity contribution in [3.05, 3.63) is 23.3 Å². The normalized spacial score (nSPS) is 31.7. The van der Waals surface area contributed by atoms with Crippen molar-refractivity contribution in [2.75, 3.05) is 7.11 Å². The maximum atomic E-state index is 6.18. The zero-order valence-corrected chi connectivity index (χ0v) is 12.4. The number of fused-ring (bicyclic) bond motifs is 4. The molecule has 0 aliphatic carbocycles. The maximum Gasteiger partial charge on any atom is 0.184 e. The van der Waals surface area contributed by atoms with Crippen molar-refractivity contribution in [2.24, 2.45) is 5.92 Å². The summed E-state index contributed by atoms with van der Waals surface area (Å²) >= 11 is 5.28. The molecule has 2 bridgehead atoms. The smallest absolute Gasteiger partial charge is 0.184 e. The van der Waals surface area contributed by atoms with Crippen LogP contribution in [0, 0.1) is 12.8 Å². The van der Waals surface area contributed by atoms with Gasteiger partial charge in [0, 0.05) is 17.5 Å². The highest BCUT2D eigenvalue weighted by atomic mass is 32.1. The number of thiocarbonyl (C=S) groups is 1. The first-order valence-electron chi connectivity index (χ1n) is 6.41. The minimum Gasteiger partial charge on any atom is -0.497 e. The molecule has 2 N–H and O–H groups in total. The van der Waals surface area contributed by atoms with E-state index < -0.39 is 5.72 Å². The number of hydrogen-bond acceptors (Lipinski definition) is 3. The third kappa shape index (κ3) is 1.75. The maximum absolute atomic E-state index is 6.18. The quantitative estimate of drug-likeness (QED) is 0.771. The molecule has 1 aromatic rings. The van der Waals surface area contributed by atoms with Crippen LogP contribution in [0.5, 0.6) is 11.5 Å². The number of aryl methyl sites for hydroxylation is 1. The van der Waals surface area contributed by atoms with E-state index >= 15 is 0 Å². The number of benzene rings is 1. The number of nitrogens with one attached hydrogen (secondary N) is 2. The number of methoxy groups -OCH3 is 1. The molecular weight excluding hydrogens is 260 g/mol. The topological polar surface area (TPSA) is 42.5 Å². The van der Waals surface area contributed by atoms with E-state index in [1.165, 1.54) is 5.56 Å². The van der Waals surface area contributed by atoms with E-state index in [0.29, 0.717) is 5.11 Å². The molecule has 0 spiro atoms. The molecule has 3 atom stereocenters. The van der Waals surface area contributed by atoms with E-state index in [-0.39, 0.29) is 12.0 Å². The van der Waals surface area contributed by atoms with Crippen LogP contribution in [-0.4, -0.2) is 17.9 Å².